The predicted octanol–water partition coefficient (Wildman–Crippen LogP) is 5.74. The van der Waals surface area contributed by atoms with Gasteiger partial charge in [0.2, 0.25) is 0 Å². The Balaban J connectivity index is 1.27. The first-order chi connectivity index (χ1) is 20.3. The molecule has 0 aromatic heterocycles. The van der Waals surface area contributed by atoms with Crippen molar-refractivity contribution in [2.24, 2.45) is 4.99 Å². The lowest BCUT2D eigenvalue weighted by molar-refractivity contribution is -0.124. The second-order valence-electron chi connectivity index (χ2n) is 12.6. The molecule has 1 spiro atoms. The first-order valence-electron chi connectivity index (χ1n) is 16.5. The van der Waals surface area contributed by atoms with Crippen molar-refractivity contribution in [3.8, 4) is 0 Å². The van der Waals surface area contributed by atoms with E-state index in [1.165, 1.54) is 55.2 Å². The normalized spacial score (nSPS) is 20.3. The Morgan fingerprint density at radius 2 is 1.57 bits per heavy atom. The van der Waals surface area contributed by atoms with Crippen LogP contribution in [0.2, 0.25) is 0 Å². The van der Waals surface area contributed by atoms with Gasteiger partial charge in [-0.1, -0.05) is 50.8 Å². The van der Waals surface area contributed by atoms with Gasteiger partial charge in [0.05, 0.1) is 0 Å². The molecule has 8 heteroatoms. The molecule has 1 aromatic rings. The van der Waals surface area contributed by atoms with Crippen molar-refractivity contribution in [2.45, 2.75) is 104 Å². The van der Waals surface area contributed by atoms with Gasteiger partial charge in [0.1, 0.15) is 11.4 Å². The monoisotopic (exact) mass is 597 g/mol. The summed E-state index contributed by atoms with van der Waals surface area (Å²) in [6.07, 6.45) is 12.4. The van der Waals surface area contributed by atoms with Gasteiger partial charge < -0.3 is 15.1 Å². The third-order valence-electron chi connectivity index (χ3n) is 9.49. The van der Waals surface area contributed by atoms with Crippen LogP contribution in [-0.2, 0) is 11.2 Å². The van der Waals surface area contributed by atoms with Crippen LogP contribution in [0.15, 0.2) is 17.1 Å². The Kier molecular flexibility index (Phi) is 12.2. The maximum atomic E-state index is 13.2. The number of amides is 2. The highest BCUT2D eigenvalue weighted by atomic mass is 32.2. The number of amidine groups is 1. The van der Waals surface area contributed by atoms with Gasteiger partial charge in [-0.15, -0.1) is 10.7 Å². The third kappa shape index (κ3) is 8.32. The topological polar surface area (TPSA) is 68.2 Å². The van der Waals surface area contributed by atoms with Crippen LogP contribution >= 0.6 is 10.7 Å². The first kappa shape index (κ1) is 32.9. The number of carbonyl (C=O) groups excluding carboxylic acids is 2. The highest BCUT2D eigenvalue weighted by Gasteiger charge is 2.45. The summed E-state index contributed by atoms with van der Waals surface area (Å²) in [5, 5.41) is 5.48. The largest absolute Gasteiger partial charge is 0.336 e. The highest BCUT2D eigenvalue weighted by Crippen LogP contribution is 2.35. The van der Waals surface area contributed by atoms with E-state index in [1.807, 2.05) is 4.90 Å². The molecule has 3 aliphatic rings. The molecule has 0 aliphatic carbocycles. The maximum Gasteiger partial charge on any atom is 0.253 e. The van der Waals surface area contributed by atoms with Crippen LogP contribution in [0.5, 0.6) is 0 Å². The molecule has 0 radical (unpaired) electrons. The summed E-state index contributed by atoms with van der Waals surface area (Å²) >= 11 is 0. The molecule has 2 fully saturated rings. The molecule has 1 atom stereocenters. The number of hydrogen-bond acceptors (Lipinski definition) is 5. The number of rotatable bonds is 13. The SMILES string of the molecule is C/C=S(/CCc1c(C)cc(C(=O)N2CCN(C)CC2)cc1C)N1CCC2(CC1)N=C(CCCCCCCCC)NC2=O. The maximum absolute atomic E-state index is 13.2. The van der Waals surface area contributed by atoms with E-state index in [4.69, 9.17) is 4.99 Å². The van der Waals surface area contributed by atoms with Crippen LogP contribution in [0.25, 0.3) is 0 Å². The molecule has 3 heterocycles. The van der Waals surface area contributed by atoms with Crippen LogP contribution in [0.3, 0.4) is 0 Å². The van der Waals surface area contributed by atoms with E-state index in [2.05, 4.69) is 66.8 Å². The van der Waals surface area contributed by atoms with E-state index in [9.17, 15) is 9.59 Å². The summed E-state index contributed by atoms with van der Waals surface area (Å²) in [7, 11) is 2.16. The zero-order valence-electron chi connectivity index (χ0n) is 27.0. The van der Waals surface area contributed by atoms with Crippen LogP contribution in [0, 0.1) is 13.8 Å². The van der Waals surface area contributed by atoms with Gasteiger partial charge in [-0.25, -0.2) is 0 Å². The molecule has 1 unspecified atom stereocenters. The van der Waals surface area contributed by atoms with Crippen molar-refractivity contribution in [3.63, 3.8) is 0 Å². The predicted molar refractivity (Wildman–Crippen MR) is 179 cm³/mol. The fourth-order valence-electron chi connectivity index (χ4n) is 6.69. The van der Waals surface area contributed by atoms with Gasteiger partial charge in [-0.05, 0) is 82.3 Å². The van der Waals surface area contributed by atoms with Crippen molar-refractivity contribution in [1.29, 1.82) is 0 Å². The summed E-state index contributed by atoms with van der Waals surface area (Å²) in [6, 6.07) is 4.20. The van der Waals surface area contributed by atoms with Crippen LogP contribution in [0.4, 0.5) is 0 Å². The summed E-state index contributed by atoms with van der Waals surface area (Å²) in [5.74, 6) is 2.27. The number of hydrogen-bond donors (Lipinski definition) is 1. The summed E-state index contributed by atoms with van der Waals surface area (Å²) < 4.78 is 2.57. The van der Waals surface area contributed by atoms with Crippen molar-refractivity contribution >= 4 is 33.7 Å². The van der Waals surface area contributed by atoms with Crippen LogP contribution < -0.4 is 5.32 Å². The molecule has 2 amide bonds. The van der Waals surface area contributed by atoms with Gasteiger partial charge in [0, 0.05) is 57.0 Å². The molecule has 1 aromatic carbocycles. The molecule has 4 rings (SSSR count). The fourth-order valence-corrected chi connectivity index (χ4v) is 8.54. The van der Waals surface area contributed by atoms with Crippen molar-refractivity contribution < 1.29 is 9.59 Å². The van der Waals surface area contributed by atoms with E-state index in [0.717, 1.165) is 88.5 Å². The number of aryl methyl sites for hydroxylation is 2. The molecule has 7 nitrogen and oxygen atoms in total. The summed E-state index contributed by atoms with van der Waals surface area (Å²) in [5.41, 5.74) is 4.08. The Labute approximate surface area is 257 Å². The highest BCUT2D eigenvalue weighted by molar-refractivity contribution is 8.12. The summed E-state index contributed by atoms with van der Waals surface area (Å²) in [6.45, 7) is 14.0. The average Bonchev–Trinajstić information content (AvgIpc) is 3.28. The summed E-state index contributed by atoms with van der Waals surface area (Å²) in [4.78, 5) is 35.4. The number of unbranched alkanes of at least 4 members (excludes halogenated alkanes) is 6. The lowest BCUT2D eigenvalue weighted by Gasteiger charge is -2.37. The molecule has 1 N–H and O–H groups in total. The zero-order chi connectivity index (χ0) is 30.1. The second kappa shape index (κ2) is 15.6. The lowest BCUT2D eigenvalue weighted by Crippen LogP contribution is -2.47. The number of nitrogens with zero attached hydrogens (tertiary/aromatic N) is 4. The number of benzene rings is 1. The van der Waals surface area contributed by atoms with E-state index in [0.29, 0.717) is 0 Å². The smallest absolute Gasteiger partial charge is 0.253 e. The number of likely N-dealkylation sites (N-methyl/N-ethyl adjacent to an activating group) is 1. The lowest BCUT2D eigenvalue weighted by atomic mass is 9.89. The molecule has 42 heavy (non-hydrogen) atoms. The van der Waals surface area contributed by atoms with Crippen molar-refractivity contribution in [1.82, 2.24) is 19.4 Å². The van der Waals surface area contributed by atoms with Gasteiger partial charge in [0.25, 0.3) is 11.8 Å². The van der Waals surface area contributed by atoms with Crippen molar-refractivity contribution in [2.75, 3.05) is 52.1 Å². The van der Waals surface area contributed by atoms with E-state index in [1.54, 1.807) is 0 Å². The molecule has 234 valence electrons. The zero-order valence-corrected chi connectivity index (χ0v) is 27.8. The van der Waals surface area contributed by atoms with E-state index < -0.39 is 5.54 Å². The Morgan fingerprint density at radius 1 is 0.952 bits per heavy atom. The molecule has 0 saturated carbocycles. The Morgan fingerprint density at radius 3 is 2.19 bits per heavy atom. The van der Waals surface area contributed by atoms with Gasteiger partial charge in [-0.3, -0.25) is 18.9 Å². The Bertz CT molecular complexity index is 1120. The Hall–Kier alpha value is -2.03. The standard InChI is InChI=1S/C34H55N5O2S/c1-6-8-9-10-11-12-13-14-31-35-33(41)34(36-31)16-18-39(19-17-34)42(7-2)24-15-30-27(3)25-29(26-28(30)4)32(40)38-22-20-37(5)21-23-38/h7,25-26H,6,8-24H2,1-5H3,(H,35,36,41). The minimum absolute atomic E-state index is 0.0453. The number of nitrogens with one attached hydrogen (secondary N) is 1. The average molecular weight is 598 g/mol. The minimum Gasteiger partial charge on any atom is -0.336 e. The van der Waals surface area contributed by atoms with Crippen molar-refractivity contribution in [3.05, 3.63) is 34.4 Å². The number of aliphatic imine (C=N–C) groups is 1. The van der Waals surface area contributed by atoms with Crippen LogP contribution in [-0.4, -0.2) is 94.7 Å². The van der Waals surface area contributed by atoms with Gasteiger partial charge >= 0.3 is 0 Å². The molecule has 3 aliphatic heterocycles. The van der Waals surface area contributed by atoms with Crippen LogP contribution in [0.1, 0.15) is 105 Å². The molecular formula is C34H55N5O2S. The minimum atomic E-state index is -0.547. The second-order valence-corrected chi connectivity index (χ2v) is 14.8. The third-order valence-corrected chi connectivity index (χ3v) is 11.7. The number of piperazine rings is 1. The quantitative estimate of drug-likeness (QED) is 0.233. The fraction of sp³-hybridized carbons (Fsp3) is 0.706. The number of piperidine rings is 1. The van der Waals surface area contributed by atoms with E-state index in [-0.39, 0.29) is 22.5 Å². The molecule has 0 bridgehead atoms. The van der Waals surface area contributed by atoms with Gasteiger partial charge in [0.15, 0.2) is 0 Å². The number of carbonyl (C=O) groups is 2. The first-order valence-corrected chi connectivity index (χ1v) is 17.9. The molecular weight excluding hydrogens is 542 g/mol. The molecule has 2 saturated heterocycles. The van der Waals surface area contributed by atoms with E-state index >= 15 is 0 Å². The van der Waals surface area contributed by atoms with Gasteiger partial charge in [-0.2, -0.15) is 0 Å².